The highest BCUT2D eigenvalue weighted by atomic mass is 127. The normalized spacial score (nSPS) is 10.2. The highest BCUT2D eigenvalue weighted by Crippen LogP contribution is 2.27. The minimum atomic E-state index is -2.65. The number of hydrogen-bond acceptors (Lipinski definition) is 2. The first kappa shape index (κ1) is 11.0. The molecule has 0 saturated heterocycles. The number of aromatic nitrogens is 1. The van der Waals surface area contributed by atoms with E-state index in [1.807, 2.05) is 45.2 Å². The van der Waals surface area contributed by atoms with Crippen molar-refractivity contribution in [2.24, 2.45) is 0 Å². The van der Waals surface area contributed by atoms with E-state index in [9.17, 15) is 8.78 Å². The van der Waals surface area contributed by atoms with Crippen LogP contribution in [0.15, 0.2) is 6.20 Å². The molecule has 0 aliphatic heterocycles. The Morgan fingerprint density at radius 3 is 2.54 bits per heavy atom. The summed E-state index contributed by atoms with van der Waals surface area (Å²) in [5, 5.41) is 8.65. The van der Waals surface area contributed by atoms with E-state index in [4.69, 9.17) is 5.26 Å². The Morgan fingerprint density at radius 2 is 2.08 bits per heavy atom. The van der Waals surface area contributed by atoms with Crippen LogP contribution in [0, 0.1) is 18.6 Å². The summed E-state index contributed by atoms with van der Waals surface area (Å²) in [5.74, 6) is 0. The maximum absolute atomic E-state index is 12.3. The fourth-order valence-electron chi connectivity index (χ4n) is 0.756. The van der Waals surface area contributed by atoms with Crippen molar-refractivity contribution < 1.29 is 8.78 Å². The van der Waals surface area contributed by atoms with Crippen molar-refractivity contribution in [2.75, 3.05) is 0 Å². The first-order valence-electron chi connectivity index (χ1n) is 3.10. The molecule has 0 aromatic carbocycles. The van der Waals surface area contributed by atoms with Gasteiger partial charge >= 0.3 is 0 Å². The van der Waals surface area contributed by atoms with E-state index >= 15 is 0 Å². The largest absolute Gasteiger partial charge is 0.266 e. The standard InChI is InChI=1S/C7H2F2I2N2/c8-6(9)4-2-13-7(11)5(10)3(4)1-12/h2,6H. The Hall–Kier alpha value is -0.0400. The van der Waals surface area contributed by atoms with E-state index in [2.05, 4.69) is 4.98 Å². The zero-order chi connectivity index (χ0) is 10.0. The van der Waals surface area contributed by atoms with Gasteiger partial charge in [0.25, 0.3) is 6.43 Å². The lowest BCUT2D eigenvalue weighted by molar-refractivity contribution is 0.150. The second kappa shape index (κ2) is 4.45. The van der Waals surface area contributed by atoms with Gasteiger partial charge in [-0.05, 0) is 45.2 Å². The maximum atomic E-state index is 12.3. The highest BCUT2D eigenvalue weighted by Gasteiger charge is 2.17. The van der Waals surface area contributed by atoms with Crippen molar-refractivity contribution in [1.82, 2.24) is 4.98 Å². The summed E-state index contributed by atoms with van der Waals surface area (Å²) in [6.45, 7) is 0. The molecular formula is C7H2F2I2N2. The number of rotatable bonds is 1. The quantitative estimate of drug-likeness (QED) is 0.531. The summed E-state index contributed by atoms with van der Waals surface area (Å²) in [5.41, 5.74) is -0.276. The van der Waals surface area contributed by atoms with Crippen LogP contribution in [0.3, 0.4) is 0 Å². The monoisotopic (exact) mass is 406 g/mol. The molecule has 0 saturated carbocycles. The lowest BCUT2D eigenvalue weighted by Gasteiger charge is -2.04. The van der Waals surface area contributed by atoms with Crippen LogP contribution in [0.1, 0.15) is 17.6 Å². The summed E-state index contributed by atoms with van der Waals surface area (Å²) in [6.07, 6.45) is -1.60. The Bertz CT molecular complexity index is 373. The average molecular weight is 406 g/mol. The Kier molecular flexibility index (Phi) is 3.78. The molecule has 0 bridgehead atoms. The predicted molar refractivity (Wildman–Crippen MR) is 59.3 cm³/mol. The average Bonchev–Trinajstić information content (AvgIpc) is 2.09. The van der Waals surface area contributed by atoms with Gasteiger partial charge in [0.1, 0.15) is 9.77 Å². The second-order valence-corrected chi connectivity index (χ2v) is 4.21. The molecule has 0 unspecified atom stereocenters. The number of hydrogen-bond donors (Lipinski definition) is 0. The first-order valence-corrected chi connectivity index (χ1v) is 5.25. The molecule has 2 nitrogen and oxygen atoms in total. The van der Waals surface area contributed by atoms with Gasteiger partial charge in [-0.3, -0.25) is 0 Å². The molecular weight excluding hydrogens is 404 g/mol. The van der Waals surface area contributed by atoms with Gasteiger partial charge in [-0.2, -0.15) is 5.26 Å². The first-order chi connectivity index (χ1) is 6.07. The summed E-state index contributed by atoms with van der Waals surface area (Å²) in [6, 6.07) is 1.75. The molecule has 13 heavy (non-hydrogen) atoms. The Labute approximate surface area is 101 Å². The molecule has 0 N–H and O–H groups in total. The van der Waals surface area contributed by atoms with E-state index in [-0.39, 0.29) is 11.1 Å². The number of alkyl halides is 2. The molecule has 0 spiro atoms. The summed E-state index contributed by atoms with van der Waals surface area (Å²) in [7, 11) is 0. The molecule has 68 valence electrons. The lowest BCUT2D eigenvalue weighted by atomic mass is 10.2. The van der Waals surface area contributed by atoms with Crippen LogP contribution in [0.25, 0.3) is 0 Å². The van der Waals surface area contributed by atoms with Gasteiger partial charge in [-0.15, -0.1) is 0 Å². The molecule has 6 heteroatoms. The van der Waals surface area contributed by atoms with Gasteiger partial charge in [0.05, 0.1) is 14.7 Å². The van der Waals surface area contributed by atoms with Crippen LogP contribution in [-0.2, 0) is 0 Å². The van der Waals surface area contributed by atoms with E-state index in [1.54, 1.807) is 6.07 Å². The van der Waals surface area contributed by atoms with E-state index in [0.717, 1.165) is 6.20 Å². The third kappa shape index (κ3) is 2.25. The molecule has 0 atom stereocenters. The Balaban J connectivity index is 3.41. The van der Waals surface area contributed by atoms with Gasteiger partial charge in [0.2, 0.25) is 0 Å². The van der Waals surface area contributed by atoms with Crippen molar-refractivity contribution in [1.29, 1.82) is 5.26 Å². The molecule has 0 amide bonds. The number of pyridine rings is 1. The summed E-state index contributed by atoms with van der Waals surface area (Å²) < 4.78 is 25.7. The third-order valence-electron chi connectivity index (χ3n) is 1.35. The fourth-order valence-corrected chi connectivity index (χ4v) is 1.74. The van der Waals surface area contributed by atoms with Crippen LogP contribution in [0.4, 0.5) is 8.78 Å². The van der Waals surface area contributed by atoms with Crippen LogP contribution in [0.2, 0.25) is 0 Å². The van der Waals surface area contributed by atoms with Crippen LogP contribution in [0.5, 0.6) is 0 Å². The molecule has 0 radical (unpaired) electrons. The van der Waals surface area contributed by atoms with E-state index in [0.29, 0.717) is 7.27 Å². The van der Waals surface area contributed by atoms with Gasteiger partial charge in [-0.1, -0.05) is 0 Å². The van der Waals surface area contributed by atoms with Crippen molar-refractivity contribution in [3.63, 3.8) is 0 Å². The molecule has 1 aromatic heterocycles. The summed E-state index contributed by atoms with van der Waals surface area (Å²) in [4.78, 5) is 3.76. The molecule has 0 fully saturated rings. The Morgan fingerprint density at radius 1 is 1.46 bits per heavy atom. The maximum Gasteiger partial charge on any atom is 0.266 e. The smallest absolute Gasteiger partial charge is 0.249 e. The van der Waals surface area contributed by atoms with E-state index in [1.165, 1.54) is 0 Å². The lowest BCUT2D eigenvalue weighted by Crippen LogP contribution is -1.98. The molecule has 0 aliphatic rings. The van der Waals surface area contributed by atoms with Gasteiger partial charge in [0.15, 0.2) is 0 Å². The number of nitriles is 1. The second-order valence-electron chi connectivity index (χ2n) is 2.11. The van der Waals surface area contributed by atoms with E-state index < -0.39 is 6.43 Å². The van der Waals surface area contributed by atoms with Gasteiger partial charge < -0.3 is 0 Å². The van der Waals surface area contributed by atoms with Crippen LogP contribution in [-0.4, -0.2) is 4.98 Å². The fraction of sp³-hybridized carbons (Fsp3) is 0.143. The van der Waals surface area contributed by atoms with Crippen LogP contribution >= 0.6 is 45.2 Å². The molecule has 1 rings (SSSR count). The predicted octanol–water partition coefficient (Wildman–Crippen LogP) is 3.10. The third-order valence-corrected chi connectivity index (χ3v) is 4.25. The van der Waals surface area contributed by atoms with Crippen molar-refractivity contribution >= 4 is 45.2 Å². The zero-order valence-corrected chi connectivity index (χ0v) is 10.4. The molecule has 1 aromatic rings. The molecule has 0 aliphatic carbocycles. The minimum absolute atomic E-state index is 0.0231. The number of nitrogens with zero attached hydrogens (tertiary/aromatic N) is 2. The zero-order valence-electron chi connectivity index (χ0n) is 6.06. The van der Waals surface area contributed by atoms with Crippen molar-refractivity contribution in [3.8, 4) is 6.07 Å². The summed E-state index contributed by atoms with van der Waals surface area (Å²) >= 11 is 3.74. The minimum Gasteiger partial charge on any atom is -0.249 e. The van der Waals surface area contributed by atoms with Crippen molar-refractivity contribution in [2.45, 2.75) is 6.43 Å². The van der Waals surface area contributed by atoms with Gasteiger partial charge in [0, 0.05) is 6.20 Å². The SMILES string of the molecule is N#Cc1c(C(F)F)cnc(I)c1I. The number of halogens is 4. The molecule has 1 heterocycles. The van der Waals surface area contributed by atoms with Gasteiger partial charge in [-0.25, -0.2) is 13.8 Å². The van der Waals surface area contributed by atoms with Crippen molar-refractivity contribution in [3.05, 3.63) is 24.6 Å². The van der Waals surface area contributed by atoms with Crippen LogP contribution < -0.4 is 0 Å². The highest BCUT2D eigenvalue weighted by molar-refractivity contribution is 14.1. The topological polar surface area (TPSA) is 36.7 Å².